The van der Waals surface area contributed by atoms with E-state index in [2.05, 4.69) is 15.3 Å². The number of nitrogens with one attached hydrogen (secondary N) is 1. The van der Waals surface area contributed by atoms with Crippen molar-refractivity contribution in [2.24, 2.45) is 0 Å². The maximum Gasteiger partial charge on any atom is 0.246 e. The van der Waals surface area contributed by atoms with Gasteiger partial charge < -0.3 is 15.0 Å². The third kappa shape index (κ3) is 6.44. The van der Waals surface area contributed by atoms with Gasteiger partial charge in [0.15, 0.2) is 0 Å². The minimum absolute atomic E-state index is 0.0815. The molecule has 0 atom stereocenters. The number of amides is 2. The van der Waals surface area contributed by atoms with Crippen LogP contribution in [0.25, 0.3) is 17.0 Å². The van der Waals surface area contributed by atoms with Crippen molar-refractivity contribution in [3.8, 4) is 5.75 Å². The maximum absolute atomic E-state index is 12.8. The molecule has 0 spiro atoms. The summed E-state index contributed by atoms with van der Waals surface area (Å²) in [5.74, 6) is -0.154. The largest absolute Gasteiger partial charge is 0.487 e. The summed E-state index contributed by atoms with van der Waals surface area (Å²) in [6.45, 7) is 1.79. The van der Waals surface area contributed by atoms with Crippen molar-refractivity contribution >= 4 is 57.7 Å². The van der Waals surface area contributed by atoms with Gasteiger partial charge in [-0.25, -0.2) is 4.98 Å². The average Bonchev–Trinajstić information content (AvgIpc) is 2.90. The lowest BCUT2D eigenvalue weighted by molar-refractivity contribution is -0.122. The zero-order chi connectivity index (χ0) is 26.4. The van der Waals surface area contributed by atoms with Crippen LogP contribution in [0.4, 0.5) is 5.69 Å². The van der Waals surface area contributed by atoms with E-state index in [-0.39, 0.29) is 24.1 Å². The van der Waals surface area contributed by atoms with Gasteiger partial charge in [0.05, 0.1) is 17.3 Å². The van der Waals surface area contributed by atoms with Crippen LogP contribution in [-0.2, 0) is 16.2 Å². The van der Waals surface area contributed by atoms with E-state index in [0.29, 0.717) is 22.0 Å². The van der Waals surface area contributed by atoms with Crippen LogP contribution in [0.2, 0.25) is 10.0 Å². The van der Waals surface area contributed by atoms with Crippen LogP contribution >= 0.6 is 23.2 Å². The Labute approximate surface area is 224 Å². The lowest BCUT2D eigenvalue weighted by atomic mass is 10.1. The molecule has 0 bridgehead atoms. The molecule has 1 N–H and O–H groups in total. The van der Waals surface area contributed by atoms with Gasteiger partial charge >= 0.3 is 0 Å². The zero-order valence-electron chi connectivity index (χ0n) is 20.2. The third-order valence-electron chi connectivity index (χ3n) is 5.62. The van der Waals surface area contributed by atoms with Gasteiger partial charge in [-0.2, -0.15) is 0 Å². The Morgan fingerprint density at radius 1 is 1.08 bits per heavy atom. The zero-order valence-corrected chi connectivity index (χ0v) is 21.8. The minimum atomic E-state index is -0.402. The Balaban J connectivity index is 1.43. The Kier molecular flexibility index (Phi) is 8.38. The number of hydrogen-bond donors (Lipinski definition) is 1. The molecule has 0 saturated carbocycles. The molecule has 2 aromatic carbocycles. The van der Waals surface area contributed by atoms with E-state index in [4.69, 9.17) is 27.9 Å². The number of rotatable bonds is 8. The van der Waals surface area contributed by atoms with Gasteiger partial charge in [0.2, 0.25) is 11.8 Å². The summed E-state index contributed by atoms with van der Waals surface area (Å²) in [6, 6.07) is 16.5. The lowest BCUT2D eigenvalue weighted by Gasteiger charge is -2.21. The molecular formula is C28H24Cl2N4O3. The third-order valence-corrected chi connectivity index (χ3v) is 6.40. The van der Waals surface area contributed by atoms with Crippen LogP contribution in [0.1, 0.15) is 16.8 Å². The van der Waals surface area contributed by atoms with E-state index < -0.39 is 5.91 Å². The Bertz CT molecular complexity index is 1480. The molecule has 188 valence electrons. The molecule has 4 rings (SSSR count). The Morgan fingerprint density at radius 2 is 1.92 bits per heavy atom. The molecule has 4 aromatic rings. The van der Waals surface area contributed by atoms with Gasteiger partial charge in [0, 0.05) is 47.2 Å². The van der Waals surface area contributed by atoms with Crippen LogP contribution in [0, 0.1) is 6.92 Å². The average molecular weight is 535 g/mol. The highest BCUT2D eigenvalue weighted by Gasteiger charge is 2.19. The highest BCUT2D eigenvalue weighted by molar-refractivity contribution is 6.38. The number of aromatic nitrogens is 2. The van der Waals surface area contributed by atoms with E-state index in [9.17, 15) is 9.59 Å². The second kappa shape index (κ2) is 11.9. The predicted octanol–water partition coefficient (Wildman–Crippen LogP) is 5.62. The number of aryl methyl sites for hydroxylation is 1. The molecule has 0 aliphatic heterocycles. The first-order valence-electron chi connectivity index (χ1n) is 11.4. The molecule has 0 aliphatic rings. The molecule has 0 saturated heterocycles. The van der Waals surface area contributed by atoms with Crippen LogP contribution in [0.5, 0.6) is 5.75 Å². The number of carbonyl (C=O) groups excluding carboxylic acids is 2. The summed E-state index contributed by atoms with van der Waals surface area (Å²) in [6.07, 6.45) is 6.24. The number of nitrogens with zero attached hydrogens (tertiary/aromatic N) is 3. The summed E-state index contributed by atoms with van der Waals surface area (Å²) >= 11 is 13.1. The number of benzene rings is 2. The fraction of sp³-hybridized carbons (Fsp3) is 0.143. The first kappa shape index (κ1) is 26.1. The number of anilines is 1. The molecule has 7 nitrogen and oxygen atoms in total. The number of para-hydroxylation sites is 1. The summed E-state index contributed by atoms with van der Waals surface area (Å²) in [5, 5.41) is 4.23. The van der Waals surface area contributed by atoms with Crippen molar-refractivity contribution in [3.05, 3.63) is 99.9 Å². The van der Waals surface area contributed by atoms with Gasteiger partial charge in [-0.1, -0.05) is 47.5 Å². The second-order valence-electron chi connectivity index (χ2n) is 8.22. The van der Waals surface area contributed by atoms with Gasteiger partial charge in [-0.05, 0) is 48.9 Å². The van der Waals surface area contributed by atoms with Gasteiger partial charge in [-0.15, -0.1) is 0 Å². The molecule has 0 radical (unpaired) electrons. The molecular weight excluding hydrogens is 511 g/mol. The number of halogens is 2. The summed E-state index contributed by atoms with van der Waals surface area (Å²) in [7, 11) is 1.58. The molecule has 37 heavy (non-hydrogen) atoms. The van der Waals surface area contributed by atoms with E-state index in [1.807, 2.05) is 43.3 Å². The van der Waals surface area contributed by atoms with Crippen molar-refractivity contribution in [1.29, 1.82) is 0 Å². The SMILES string of the molecule is Cc1ccc2cccc(OCc3c(Cl)ccc(N(C)C(=O)CNC(=O)C=Cc4cccnc4)c3Cl)c2n1. The fourth-order valence-electron chi connectivity index (χ4n) is 3.58. The smallest absolute Gasteiger partial charge is 0.246 e. The first-order valence-corrected chi connectivity index (χ1v) is 12.2. The van der Waals surface area contributed by atoms with Crippen molar-refractivity contribution in [3.63, 3.8) is 0 Å². The molecule has 9 heteroatoms. The topological polar surface area (TPSA) is 84.4 Å². The summed E-state index contributed by atoms with van der Waals surface area (Å²) in [5.41, 5.74) is 3.38. The van der Waals surface area contributed by atoms with Crippen molar-refractivity contribution in [2.45, 2.75) is 13.5 Å². The number of fused-ring (bicyclic) bond motifs is 1. The van der Waals surface area contributed by atoms with Crippen molar-refractivity contribution < 1.29 is 14.3 Å². The van der Waals surface area contributed by atoms with E-state index in [1.54, 1.807) is 43.7 Å². The molecule has 2 aromatic heterocycles. The number of pyridine rings is 2. The monoisotopic (exact) mass is 534 g/mol. The molecule has 2 amide bonds. The van der Waals surface area contributed by atoms with Gasteiger partial charge in [0.25, 0.3) is 0 Å². The molecule has 0 fully saturated rings. The first-order chi connectivity index (χ1) is 17.8. The molecule has 2 heterocycles. The van der Waals surface area contributed by atoms with Crippen LogP contribution in [0.3, 0.4) is 0 Å². The highest BCUT2D eigenvalue weighted by Crippen LogP contribution is 2.35. The van der Waals surface area contributed by atoms with Crippen LogP contribution in [0.15, 0.2) is 73.1 Å². The number of ether oxygens (including phenoxy) is 1. The number of carbonyl (C=O) groups is 2. The normalized spacial score (nSPS) is 11.0. The van der Waals surface area contributed by atoms with E-state index in [0.717, 1.165) is 22.2 Å². The number of likely N-dealkylation sites (N-methyl/N-ethyl adjacent to an activating group) is 1. The van der Waals surface area contributed by atoms with Crippen molar-refractivity contribution in [2.75, 3.05) is 18.5 Å². The maximum atomic E-state index is 12.8. The molecule has 0 aliphatic carbocycles. The fourth-order valence-corrected chi connectivity index (χ4v) is 4.19. The van der Waals surface area contributed by atoms with E-state index in [1.165, 1.54) is 11.0 Å². The summed E-state index contributed by atoms with van der Waals surface area (Å²) in [4.78, 5) is 34.8. The second-order valence-corrected chi connectivity index (χ2v) is 9.00. The Hall–Kier alpha value is -3.94. The molecule has 0 unspecified atom stereocenters. The van der Waals surface area contributed by atoms with Gasteiger partial charge in [-0.3, -0.25) is 14.6 Å². The highest BCUT2D eigenvalue weighted by atomic mass is 35.5. The van der Waals surface area contributed by atoms with Crippen molar-refractivity contribution in [1.82, 2.24) is 15.3 Å². The standard InChI is InChI=1S/C28H24Cl2N4O3/c1-18-8-10-20-6-3-7-24(28(20)33-18)37-17-21-22(29)11-12-23(27(21)30)34(2)26(36)16-32-25(35)13-9-19-5-4-14-31-15-19/h3-15H,16-17H2,1-2H3,(H,32,35). The van der Waals surface area contributed by atoms with Gasteiger partial charge in [0.1, 0.15) is 17.9 Å². The van der Waals surface area contributed by atoms with Crippen LogP contribution < -0.4 is 15.0 Å². The number of hydrogen-bond acceptors (Lipinski definition) is 5. The minimum Gasteiger partial charge on any atom is -0.487 e. The quantitative estimate of drug-likeness (QED) is 0.296. The van der Waals surface area contributed by atoms with E-state index >= 15 is 0 Å². The lowest BCUT2D eigenvalue weighted by Crippen LogP contribution is -2.37. The Morgan fingerprint density at radius 3 is 2.70 bits per heavy atom. The summed E-state index contributed by atoms with van der Waals surface area (Å²) < 4.78 is 6.06. The van der Waals surface area contributed by atoms with Crippen LogP contribution in [-0.4, -0.2) is 35.4 Å². The predicted molar refractivity (Wildman–Crippen MR) is 147 cm³/mol.